The van der Waals surface area contributed by atoms with Crippen LogP contribution in [0.3, 0.4) is 0 Å². The highest BCUT2D eigenvalue weighted by molar-refractivity contribution is 6.37. The molecule has 0 radical (unpaired) electrons. The van der Waals surface area contributed by atoms with Crippen LogP contribution < -0.4 is 15.8 Å². The molecule has 0 saturated carbocycles. The van der Waals surface area contributed by atoms with E-state index in [1.165, 1.54) is 19.2 Å². The molecule has 0 saturated heterocycles. The number of nitrogens with two attached hydrogens (primary N) is 1. The van der Waals surface area contributed by atoms with Gasteiger partial charge in [0.2, 0.25) is 0 Å². The minimum Gasteiger partial charge on any atom is -0.481 e. The van der Waals surface area contributed by atoms with E-state index in [0.29, 0.717) is 5.69 Å². The van der Waals surface area contributed by atoms with Crippen molar-refractivity contribution >= 4 is 34.8 Å². The summed E-state index contributed by atoms with van der Waals surface area (Å²) in [6.07, 6.45) is 0. The van der Waals surface area contributed by atoms with E-state index < -0.39 is 0 Å². The minimum atomic E-state index is -0.265. The van der Waals surface area contributed by atoms with Gasteiger partial charge in [0.25, 0.3) is 5.91 Å². The summed E-state index contributed by atoms with van der Waals surface area (Å²) < 4.78 is 5.14. The standard InChI is InChI=1S/C9H10Cl2N2O2/c1-13-8(14)4-15-9-6(10)2-5(12)3-7(9)11/h2-3H,4,12H2,1H3,(H,13,14). The molecule has 0 unspecified atom stereocenters. The molecule has 0 aromatic heterocycles. The molecule has 1 aromatic rings. The molecule has 0 heterocycles. The van der Waals surface area contributed by atoms with Crippen molar-refractivity contribution in [3.05, 3.63) is 22.2 Å². The van der Waals surface area contributed by atoms with Crippen LogP contribution in [0.5, 0.6) is 5.75 Å². The maximum Gasteiger partial charge on any atom is 0.257 e. The van der Waals surface area contributed by atoms with Gasteiger partial charge in [-0.3, -0.25) is 4.79 Å². The first kappa shape index (κ1) is 11.9. The second-order valence-electron chi connectivity index (χ2n) is 2.78. The van der Waals surface area contributed by atoms with Gasteiger partial charge in [0.15, 0.2) is 12.4 Å². The number of carbonyl (C=O) groups excluding carboxylic acids is 1. The number of likely N-dealkylation sites (N-methyl/N-ethyl adjacent to an activating group) is 1. The molecule has 0 aliphatic rings. The zero-order valence-electron chi connectivity index (χ0n) is 8.01. The van der Waals surface area contributed by atoms with Crippen molar-refractivity contribution in [3.63, 3.8) is 0 Å². The van der Waals surface area contributed by atoms with Gasteiger partial charge in [-0.25, -0.2) is 0 Å². The van der Waals surface area contributed by atoms with Crippen molar-refractivity contribution < 1.29 is 9.53 Å². The summed E-state index contributed by atoms with van der Waals surface area (Å²) in [5.41, 5.74) is 5.95. The van der Waals surface area contributed by atoms with Crippen molar-refractivity contribution in [1.29, 1.82) is 0 Å². The van der Waals surface area contributed by atoms with E-state index in [1.54, 1.807) is 0 Å². The second-order valence-corrected chi connectivity index (χ2v) is 3.59. The van der Waals surface area contributed by atoms with Crippen molar-refractivity contribution in [2.24, 2.45) is 0 Å². The van der Waals surface area contributed by atoms with E-state index in [9.17, 15) is 4.79 Å². The van der Waals surface area contributed by atoms with E-state index in [-0.39, 0.29) is 28.3 Å². The monoisotopic (exact) mass is 248 g/mol. The van der Waals surface area contributed by atoms with Crippen LogP contribution in [-0.2, 0) is 4.79 Å². The molecule has 82 valence electrons. The van der Waals surface area contributed by atoms with E-state index in [2.05, 4.69) is 5.32 Å². The molecule has 0 spiro atoms. The van der Waals surface area contributed by atoms with Crippen LogP contribution in [0.1, 0.15) is 0 Å². The van der Waals surface area contributed by atoms with Crippen LogP contribution in [-0.4, -0.2) is 19.6 Å². The van der Waals surface area contributed by atoms with Gasteiger partial charge >= 0.3 is 0 Å². The fourth-order valence-corrected chi connectivity index (χ4v) is 1.54. The normalized spacial score (nSPS) is 9.80. The molecule has 1 aromatic carbocycles. The third-order valence-corrected chi connectivity index (χ3v) is 2.21. The number of nitrogen functional groups attached to an aromatic ring is 1. The summed E-state index contributed by atoms with van der Waals surface area (Å²) >= 11 is 11.7. The van der Waals surface area contributed by atoms with Crippen LogP contribution in [0.25, 0.3) is 0 Å². The number of hydrogen-bond donors (Lipinski definition) is 2. The van der Waals surface area contributed by atoms with Crippen LogP contribution >= 0.6 is 23.2 Å². The fraction of sp³-hybridized carbons (Fsp3) is 0.222. The molecular weight excluding hydrogens is 239 g/mol. The lowest BCUT2D eigenvalue weighted by Gasteiger charge is -2.09. The quantitative estimate of drug-likeness (QED) is 0.801. The maximum atomic E-state index is 10.9. The Balaban J connectivity index is 2.81. The Hall–Kier alpha value is -1.13. The number of rotatable bonds is 3. The molecule has 0 aliphatic carbocycles. The van der Waals surface area contributed by atoms with Crippen LogP contribution in [0, 0.1) is 0 Å². The number of nitrogens with one attached hydrogen (secondary N) is 1. The highest BCUT2D eigenvalue weighted by Gasteiger charge is 2.10. The summed E-state index contributed by atoms with van der Waals surface area (Å²) in [6.45, 7) is -0.139. The molecule has 0 fully saturated rings. The predicted molar refractivity (Wildman–Crippen MR) is 60.4 cm³/mol. The highest BCUT2D eigenvalue weighted by atomic mass is 35.5. The number of ether oxygens (including phenoxy) is 1. The third-order valence-electron chi connectivity index (χ3n) is 1.65. The van der Waals surface area contributed by atoms with Gasteiger partial charge in [-0.15, -0.1) is 0 Å². The van der Waals surface area contributed by atoms with Crippen molar-refractivity contribution in [2.75, 3.05) is 19.4 Å². The third kappa shape index (κ3) is 3.18. The molecule has 1 amide bonds. The number of halogens is 2. The lowest BCUT2D eigenvalue weighted by atomic mass is 10.3. The first-order chi connectivity index (χ1) is 7.04. The molecule has 0 bridgehead atoms. The smallest absolute Gasteiger partial charge is 0.257 e. The summed E-state index contributed by atoms with van der Waals surface area (Å²) in [6, 6.07) is 3.01. The molecule has 3 N–H and O–H groups in total. The van der Waals surface area contributed by atoms with E-state index in [4.69, 9.17) is 33.7 Å². The molecule has 15 heavy (non-hydrogen) atoms. The van der Waals surface area contributed by atoms with Gasteiger partial charge in [-0.2, -0.15) is 0 Å². The Kier molecular flexibility index (Phi) is 4.05. The Morgan fingerprint density at radius 3 is 2.47 bits per heavy atom. The van der Waals surface area contributed by atoms with Crippen molar-refractivity contribution in [3.8, 4) is 5.75 Å². The first-order valence-corrected chi connectivity index (χ1v) is 4.88. The zero-order chi connectivity index (χ0) is 11.4. The number of carbonyl (C=O) groups is 1. The lowest BCUT2D eigenvalue weighted by Crippen LogP contribution is -2.24. The summed E-state index contributed by atoms with van der Waals surface area (Å²) in [7, 11) is 1.51. The first-order valence-electron chi connectivity index (χ1n) is 4.12. The van der Waals surface area contributed by atoms with Crippen molar-refractivity contribution in [2.45, 2.75) is 0 Å². The Labute approximate surface area is 97.3 Å². The Morgan fingerprint density at radius 1 is 1.47 bits per heavy atom. The zero-order valence-corrected chi connectivity index (χ0v) is 9.52. The predicted octanol–water partition coefficient (Wildman–Crippen LogP) is 1.70. The topological polar surface area (TPSA) is 64.3 Å². The Bertz CT molecular complexity index is 359. The van der Waals surface area contributed by atoms with Crippen LogP contribution in [0.4, 0.5) is 5.69 Å². The summed E-state index contributed by atoms with van der Waals surface area (Å²) in [5.74, 6) is -0.00454. The molecule has 0 atom stereocenters. The number of benzene rings is 1. The van der Waals surface area contributed by atoms with E-state index >= 15 is 0 Å². The van der Waals surface area contributed by atoms with E-state index in [0.717, 1.165) is 0 Å². The maximum absolute atomic E-state index is 10.9. The van der Waals surface area contributed by atoms with Gasteiger partial charge in [0, 0.05) is 12.7 Å². The molecule has 1 rings (SSSR count). The van der Waals surface area contributed by atoms with Crippen LogP contribution in [0.2, 0.25) is 10.0 Å². The molecular formula is C9H10Cl2N2O2. The number of anilines is 1. The largest absolute Gasteiger partial charge is 0.481 e. The average molecular weight is 249 g/mol. The minimum absolute atomic E-state index is 0.139. The van der Waals surface area contributed by atoms with Crippen molar-refractivity contribution in [1.82, 2.24) is 5.32 Å². The summed E-state index contributed by atoms with van der Waals surface area (Å²) in [5, 5.41) is 2.97. The number of amides is 1. The Morgan fingerprint density at radius 2 is 2.00 bits per heavy atom. The molecule has 4 nitrogen and oxygen atoms in total. The van der Waals surface area contributed by atoms with E-state index in [1.807, 2.05) is 0 Å². The SMILES string of the molecule is CNC(=O)COc1c(Cl)cc(N)cc1Cl. The average Bonchev–Trinajstić information content (AvgIpc) is 2.15. The highest BCUT2D eigenvalue weighted by Crippen LogP contribution is 2.34. The lowest BCUT2D eigenvalue weighted by molar-refractivity contribution is -0.122. The van der Waals surface area contributed by atoms with Gasteiger partial charge in [-0.05, 0) is 12.1 Å². The molecule has 6 heteroatoms. The van der Waals surface area contributed by atoms with Gasteiger partial charge in [0.05, 0.1) is 10.0 Å². The van der Waals surface area contributed by atoms with Gasteiger partial charge in [0.1, 0.15) is 0 Å². The number of hydrogen-bond acceptors (Lipinski definition) is 3. The second kappa shape index (κ2) is 5.09. The summed E-state index contributed by atoms with van der Waals surface area (Å²) in [4.78, 5) is 10.9. The van der Waals surface area contributed by atoms with Gasteiger partial charge < -0.3 is 15.8 Å². The fourth-order valence-electron chi connectivity index (χ4n) is 0.927. The van der Waals surface area contributed by atoms with Crippen LogP contribution in [0.15, 0.2) is 12.1 Å². The molecule has 0 aliphatic heterocycles. The van der Waals surface area contributed by atoms with Gasteiger partial charge in [-0.1, -0.05) is 23.2 Å².